The third-order valence-electron chi connectivity index (χ3n) is 3.08. The monoisotopic (exact) mass is 286 g/mol. The summed E-state index contributed by atoms with van der Waals surface area (Å²) in [7, 11) is 1.80. The Balaban J connectivity index is 2.01. The normalized spacial score (nSPS) is 18.9. The van der Waals surface area contributed by atoms with Crippen LogP contribution in [0.1, 0.15) is 18.4 Å². The summed E-state index contributed by atoms with van der Waals surface area (Å²) >= 11 is 11.9. The molecule has 1 aliphatic rings. The molecule has 5 heteroatoms. The fourth-order valence-electron chi connectivity index (χ4n) is 2.22. The second-order valence-electron chi connectivity index (χ2n) is 4.62. The number of hydrogen-bond donors (Lipinski definition) is 1. The van der Waals surface area contributed by atoms with Crippen LogP contribution in [0.2, 0.25) is 10.0 Å². The van der Waals surface area contributed by atoms with Crippen molar-refractivity contribution >= 4 is 29.1 Å². The smallest absolute Gasteiger partial charge is 0.239 e. The van der Waals surface area contributed by atoms with Crippen LogP contribution in [-0.2, 0) is 11.3 Å². The van der Waals surface area contributed by atoms with Crippen LogP contribution >= 0.6 is 23.2 Å². The van der Waals surface area contributed by atoms with Crippen molar-refractivity contribution in [2.45, 2.75) is 25.4 Å². The van der Waals surface area contributed by atoms with E-state index in [9.17, 15) is 4.79 Å². The van der Waals surface area contributed by atoms with Crippen molar-refractivity contribution in [1.82, 2.24) is 10.2 Å². The number of amides is 1. The van der Waals surface area contributed by atoms with Gasteiger partial charge in [-0.3, -0.25) is 4.79 Å². The maximum absolute atomic E-state index is 12.1. The van der Waals surface area contributed by atoms with Gasteiger partial charge in [-0.25, -0.2) is 0 Å². The van der Waals surface area contributed by atoms with Crippen molar-refractivity contribution in [3.05, 3.63) is 33.8 Å². The van der Waals surface area contributed by atoms with Gasteiger partial charge in [0.15, 0.2) is 0 Å². The van der Waals surface area contributed by atoms with Crippen molar-refractivity contribution in [3.8, 4) is 0 Å². The molecule has 0 unspecified atom stereocenters. The Morgan fingerprint density at radius 1 is 1.39 bits per heavy atom. The Bertz CT molecular complexity index is 424. The predicted molar refractivity (Wildman–Crippen MR) is 74.0 cm³/mol. The molecule has 1 atom stereocenters. The first-order valence-corrected chi connectivity index (χ1v) is 6.75. The van der Waals surface area contributed by atoms with E-state index in [0.717, 1.165) is 24.9 Å². The number of benzene rings is 1. The summed E-state index contributed by atoms with van der Waals surface area (Å²) in [6.45, 7) is 1.45. The lowest BCUT2D eigenvalue weighted by Crippen LogP contribution is -2.41. The molecule has 0 radical (unpaired) electrons. The van der Waals surface area contributed by atoms with E-state index in [-0.39, 0.29) is 11.9 Å². The van der Waals surface area contributed by atoms with Gasteiger partial charge in [0.25, 0.3) is 0 Å². The first kappa shape index (κ1) is 13.7. The Kier molecular flexibility index (Phi) is 4.49. The van der Waals surface area contributed by atoms with Crippen LogP contribution in [0.25, 0.3) is 0 Å². The zero-order valence-electron chi connectivity index (χ0n) is 10.2. The summed E-state index contributed by atoms with van der Waals surface area (Å²) in [5.74, 6) is 0.128. The molecule has 1 aliphatic heterocycles. The van der Waals surface area contributed by atoms with Crippen molar-refractivity contribution in [2.24, 2.45) is 0 Å². The van der Waals surface area contributed by atoms with Crippen LogP contribution in [0.4, 0.5) is 0 Å². The number of halogens is 2. The van der Waals surface area contributed by atoms with Gasteiger partial charge in [-0.15, -0.1) is 0 Å². The van der Waals surface area contributed by atoms with Gasteiger partial charge in [0, 0.05) is 23.6 Å². The number of carbonyl (C=O) groups excluding carboxylic acids is 1. The number of nitrogens with one attached hydrogen (secondary N) is 1. The largest absolute Gasteiger partial charge is 0.340 e. The maximum atomic E-state index is 12.1. The third-order valence-corrected chi connectivity index (χ3v) is 3.51. The molecule has 2 rings (SSSR count). The van der Waals surface area contributed by atoms with Crippen molar-refractivity contribution < 1.29 is 4.79 Å². The Morgan fingerprint density at radius 3 is 2.61 bits per heavy atom. The second kappa shape index (κ2) is 5.91. The maximum Gasteiger partial charge on any atom is 0.239 e. The topological polar surface area (TPSA) is 32.3 Å². The molecule has 1 saturated heterocycles. The molecule has 0 bridgehead atoms. The molecule has 1 amide bonds. The number of carbonyl (C=O) groups is 1. The molecule has 0 aromatic heterocycles. The molecule has 1 N–H and O–H groups in total. The van der Waals surface area contributed by atoms with Gasteiger partial charge in [0.2, 0.25) is 5.91 Å². The zero-order valence-corrected chi connectivity index (χ0v) is 11.8. The van der Waals surface area contributed by atoms with Gasteiger partial charge >= 0.3 is 0 Å². The van der Waals surface area contributed by atoms with Crippen LogP contribution in [0, 0.1) is 0 Å². The van der Waals surface area contributed by atoms with Crippen molar-refractivity contribution in [2.75, 3.05) is 13.6 Å². The van der Waals surface area contributed by atoms with Gasteiger partial charge in [0.05, 0.1) is 6.04 Å². The van der Waals surface area contributed by atoms with E-state index in [1.165, 1.54) is 0 Å². The highest BCUT2D eigenvalue weighted by molar-refractivity contribution is 6.34. The van der Waals surface area contributed by atoms with Crippen LogP contribution in [0.3, 0.4) is 0 Å². The van der Waals surface area contributed by atoms with E-state index >= 15 is 0 Å². The SMILES string of the molecule is CN(Cc1cc(Cl)cc(Cl)c1)C(=O)[C@@H]1CCCN1. The van der Waals surface area contributed by atoms with Gasteiger partial charge in [-0.05, 0) is 43.1 Å². The molecule has 3 nitrogen and oxygen atoms in total. The number of rotatable bonds is 3. The van der Waals surface area contributed by atoms with Crippen molar-refractivity contribution in [3.63, 3.8) is 0 Å². The molecule has 1 fully saturated rings. The van der Waals surface area contributed by atoms with Gasteiger partial charge in [0.1, 0.15) is 0 Å². The second-order valence-corrected chi connectivity index (χ2v) is 5.49. The van der Waals surface area contributed by atoms with Gasteiger partial charge in [-0.1, -0.05) is 23.2 Å². The lowest BCUT2D eigenvalue weighted by molar-refractivity contribution is -0.132. The minimum absolute atomic E-state index is 0.0374. The zero-order chi connectivity index (χ0) is 13.1. The summed E-state index contributed by atoms with van der Waals surface area (Å²) in [5, 5.41) is 4.39. The lowest BCUT2D eigenvalue weighted by atomic mass is 10.1. The Hall–Kier alpha value is -0.770. The van der Waals surface area contributed by atoms with Crippen molar-refractivity contribution in [1.29, 1.82) is 0 Å². The van der Waals surface area contributed by atoms with E-state index in [2.05, 4.69) is 5.32 Å². The van der Waals surface area contributed by atoms with Crippen LogP contribution < -0.4 is 5.32 Å². The highest BCUT2D eigenvalue weighted by Gasteiger charge is 2.24. The Labute approximate surface area is 117 Å². The fraction of sp³-hybridized carbons (Fsp3) is 0.462. The number of nitrogens with zero attached hydrogens (tertiary/aromatic N) is 1. The molecule has 18 heavy (non-hydrogen) atoms. The molecule has 0 aliphatic carbocycles. The summed E-state index contributed by atoms with van der Waals surface area (Å²) in [4.78, 5) is 13.8. The minimum Gasteiger partial charge on any atom is -0.340 e. The first-order valence-electron chi connectivity index (χ1n) is 5.99. The highest BCUT2D eigenvalue weighted by atomic mass is 35.5. The minimum atomic E-state index is -0.0374. The molecule has 1 aromatic rings. The van der Waals surface area contributed by atoms with Crippen LogP contribution in [0.5, 0.6) is 0 Å². The molecule has 0 spiro atoms. The molecule has 1 heterocycles. The van der Waals surface area contributed by atoms with E-state index < -0.39 is 0 Å². The highest BCUT2D eigenvalue weighted by Crippen LogP contribution is 2.20. The predicted octanol–water partition coefficient (Wildman–Crippen LogP) is 2.70. The molecule has 0 saturated carbocycles. The number of hydrogen-bond acceptors (Lipinski definition) is 2. The molecular weight excluding hydrogens is 271 g/mol. The molecular formula is C13H16Cl2N2O. The summed E-state index contributed by atoms with van der Waals surface area (Å²) in [6.07, 6.45) is 1.98. The van der Waals surface area contributed by atoms with Crippen LogP contribution in [-0.4, -0.2) is 30.4 Å². The first-order chi connectivity index (χ1) is 8.56. The quantitative estimate of drug-likeness (QED) is 0.927. The summed E-state index contributed by atoms with van der Waals surface area (Å²) in [6, 6.07) is 5.32. The standard InChI is InChI=1S/C13H16Cl2N2O/c1-17(13(18)12-3-2-4-16-12)8-9-5-10(14)7-11(15)6-9/h5-7,12,16H,2-4,8H2,1H3/t12-/m0/s1. The molecule has 1 aromatic carbocycles. The van der Waals surface area contributed by atoms with E-state index in [1.807, 2.05) is 12.1 Å². The van der Waals surface area contributed by atoms with E-state index in [4.69, 9.17) is 23.2 Å². The van der Waals surface area contributed by atoms with Gasteiger partial charge < -0.3 is 10.2 Å². The molecule has 98 valence electrons. The lowest BCUT2D eigenvalue weighted by Gasteiger charge is -2.21. The fourth-order valence-corrected chi connectivity index (χ4v) is 2.79. The Morgan fingerprint density at radius 2 is 2.06 bits per heavy atom. The van der Waals surface area contributed by atoms with Crippen LogP contribution in [0.15, 0.2) is 18.2 Å². The number of likely N-dealkylation sites (N-methyl/N-ethyl adjacent to an activating group) is 1. The average molecular weight is 287 g/mol. The summed E-state index contributed by atoms with van der Waals surface area (Å²) in [5.41, 5.74) is 0.946. The van der Waals surface area contributed by atoms with E-state index in [1.54, 1.807) is 18.0 Å². The average Bonchev–Trinajstić information content (AvgIpc) is 2.79. The van der Waals surface area contributed by atoms with E-state index in [0.29, 0.717) is 16.6 Å². The third kappa shape index (κ3) is 3.37. The van der Waals surface area contributed by atoms with Gasteiger partial charge in [-0.2, -0.15) is 0 Å². The summed E-state index contributed by atoms with van der Waals surface area (Å²) < 4.78 is 0.